The molecule has 0 spiro atoms. The van der Waals surface area contributed by atoms with Gasteiger partial charge in [0.2, 0.25) is 6.23 Å². The van der Waals surface area contributed by atoms with Crippen molar-refractivity contribution in [1.29, 1.82) is 0 Å². The molecule has 0 saturated carbocycles. The van der Waals surface area contributed by atoms with E-state index in [0.29, 0.717) is 13.2 Å². The Balaban J connectivity index is 1.27. The zero-order valence-electron chi connectivity index (χ0n) is 18.8. The van der Waals surface area contributed by atoms with Crippen LogP contribution in [0.2, 0.25) is 0 Å². The molecule has 0 aromatic heterocycles. The van der Waals surface area contributed by atoms with Gasteiger partial charge in [-0.15, -0.1) is 0 Å². The van der Waals surface area contributed by atoms with Crippen LogP contribution >= 0.6 is 11.8 Å². The van der Waals surface area contributed by atoms with Gasteiger partial charge in [0.25, 0.3) is 0 Å². The third-order valence-corrected chi connectivity index (χ3v) is 6.76. The molecule has 1 atom stereocenters. The molecule has 176 valence electrons. The highest BCUT2D eigenvalue weighted by Gasteiger charge is 2.25. The Kier molecular flexibility index (Phi) is 8.35. The minimum atomic E-state index is -1.06. The van der Waals surface area contributed by atoms with Gasteiger partial charge in [0.15, 0.2) is 0 Å². The molecule has 2 N–H and O–H groups in total. The molecule has 2 heterocycles. The third kappa shape index (κ3) is 6.13. The van der Waals surface area contributed by atoms with Gasteiger partial charge in [-0.2, -0.15) is 0 Å². The first-order chi connectivity index (χ1) is 16.2. The molecule has 2 aliphatic heterocycles. The second kappa shape index (κ2) is 11.6. The normalized spacial score (nSPS) is 16.9. The molecule has 2 aliphatic rings. The summed E-state index contributed by atoms with van der Waals surface area (Å²) in [5.41, 5.74) is 7.75. The van der Waals surface area contributed by atoms with Gasteiger partial charge >= 0.3 is 5.97 Å². The van der Waals surface area contributed by atoms with Gasteiger partial charge in [0.05, 0.1) is 32.6 Å². The highest BCUT2D eigenvalue weighted by Crippen LogP contribution is 2.40. The molecule has 8 nitrogen and oxygen atoms in total. The van der Waals surface area contributed by atoms with Crippen molar-refractivity contribution in [3.05, 3.63) is 54.1 Å². The summed E-state index contributed by atoms with van der Waals surface area (Å²) in [5.74, 6) is 0.467. The number of hydrogen-bond donors (Lipinski definition) is 1. The highest BCUT2D eigenvalue weighted by molar-refractivity contribution is 7.99. The molecule has 33 heavy (non-hydrogen) atoms. The lowest BCUT2D eigenvalue weighted by Gasteiger charge is -2.36. The molecule has 1 fully saturated rings. The Morgan fingerprint density at radius 2 is 1.76 bits per heavy atom. The number of nitrogens with zero attached hydrogens (tertiary/aromatic N) is 3. The van der Waals surface area contributed by atoms with Crippen molar-refractivity contribution >= 4 is 29.3 Å². The first-order valence-corrected chi connectivity index (χ1v) is 11.9. The van der Waals surface area contributed by atoms with Crippen molar-refractivity contribution in [1.82, 2.24) is 9.80 Å². The minimum absolute atomic E-state index is 0.253. The predicted molar refractivity (Wildman–Crippen MR) is 128 cm³/mol. The maximum absolute atomic E-state index is 11.2. The van der Waals surface area contributed by atoms with Gasteiger partial charge in [-0.25, -0.2) is 9.79 Å². The van der Waals surface area contributed by atoms with Gasteiger partial charge < -0.3 is 19.1 Å². The lowest BCUT2D eigenvalue weighted by molar-refractivity contribution is -0.154. The number of carbonyl (C=O) groups is 1. The molecule has 1 saturated heterocycles. The number of rotatable bonds is 8. The maximum atomic E-state index is 11.2. The average molecular weight is 471 g/mol. The van der Waals surface area contributed by atoms with E-state index in [0.717, 1.165) is 44.2 Å². The SMILES string of the molecule is COC(=O)C(N)OCCOCCN1CCN(C2=Nc3ccccc3Sc3ccccc32)CC1. The molecule has 0 radical (unpaired) electrons. The van der Waals surface area contributed by atoms with E-state index in [1.807, 2.05) is 6.07 Å². The van der Waals surface area contributed by atoms with Gasteiger partial charge in [-0.3, -0.25) is 10.6 Å². The number of piperazine rings is 1. The Morgan fingerprint density at radius 3 is 2.55 bits per heavy atom. The fourth-order valence-corrected chi connectivity index (χ4v) is 4.82. The second-order valence-electron chi connectivity index (χ2n) is 7.76. The molecule has 2 aromatic rings. The molecule has 2 aromatic carbocycles. The van der Waals surface area contributed by atoms with Crippen LogP contribution in [0.25, 0.3) is 0 Å². The van der Waals surface area contributed by atoms with Gasteiger partial charge in [-0.1, -0.05) is 42.1 Å². The van der Waals surface area contributed by atoms with E-state index < -0.39 is 12.2 Å². The van der Waals surface area contributed by atoms with Crippen LogP contribution in [0.3, 0.4) is 0 Å². The number of aliphatic imine (C=N–C) groups is 1. The smallest absolute Gasteiger partial charge is 0.350 e. The van der Waals surface area contributed by atoms with Crippen molar-refractivity contribution < 1.29 is 19.0 Å². The number of methoxy groups -OCH3 is 1. The first-order valence-electron chi connectivity index (χ1n) is 11.1. The standard InChI is InChI=1S/C24H30N4O4S/c1-30-24(29)22(25)32-17-16-31-15-14-27-10-12-28(13-11-27)23-18-6-2-4-8-20(18)33-21-9-5-3-7-19(21)26-23/h2-9,22H,10-17,25H2,1H3. The number of nitrogens with two attached hydrogens (primary N) is 1. The van der Waals surface area contributed by atoms with Crippen LogP contribution in [0, 0.1) is 0 Å². The fourth-order valence-electron chi connectivity index (χ4n) is 3.81. The van der Waals surface area contributed by atoms with Crippen molar-refractivity contribution in [3.8, 4) is 0 Å². The van der Waals surface area contributed by atoms with Gasteiger partial charge in [0, 0.05) is 48.1 Å². The van der Waals surface area contributed by atoms with E-state index in [4.69, 9.17) is 20.2 Å². The number of ether oxygens (including phenoxy) is 3. The first kappa shape index (κ1) is 23.7. The summed E-state index contributed by atoms with van der Waals surface area (Å²) < 4.78 is 15.3. The molecule has 1 unspecified atom stereocenters. The van der Waals surface area contributed by atoms with E-state index in [9.17, 15) is 4.79 Å². The quantitative estimate of drug-likeness (QED) is 0.357. The fraction of sp³-hybridized carbons (Fsp3) is 0.417. The number of benzene rings is 2. The minimum Gasteiger partial charge on any atom is -0.466 e. The van der Waals surface area contributed by atoms with Crippen molar-refractivity contribution in [3.63, 3.8) is 0 Å². The van der Waals surface area contributed by atoms with E-state index in [1.54, 1.807) is 11.8 Å². The van der Waals surface area contributed by atoms with Gasteiger partial charge in [-0.05, 0) is 18.2 Å². The molecular weight excluding hydrogens is 440 g/mol. The van der Waals surface area contributed by atoms with Crippen LogP contribution in [-0.2, 0) is 19.0 Å². The third-order valence-electron chi connectivity index (χ3n) is 5.62. The Morgan fingerprint density at radius 1 is 1.03 bits per heavy atom. The lowest BCUT2D eigenvalue weighted by atomic mass is 10.1. The number of fused-ring (bicyclic) bond motifs is 2. The summed E-state index contributed by atoms with van der Waals surface area (Å²) in [4.78, 5) is 23.5. The van der Waals surface area contributed by atoms with Crippen LogP contribution in [0.15, 0.2) is 63.3 Å². The Bertz CT molecular complexity index is 978. The van der Waals surface area contributed by atoms with Crippen molar-refractivity contribution in [2.45, 2.75) is 16.0 Å². The summed E-state index contributed by atoms with van der Waals surface area (Å²) in [7, 11) is 1.28. The summed E-state index contributed by atoms with van der Waals surface area (Å²) in [6.07, 6.45) is -1.06. The lowest BCUT2D eigenvalue weighted by Crippen LogP contribution is -2.49. The molecule has 0 amide bonds. The highest BCUT2D eigenvalue weighted by atomic mass is 32.2. The Hall–Kier alpha value is -2.43. The number of amidine groups is 1. The molecule has 9 heteroatoms. The summed E-state index contributed by atoms with van der Waals surface area (Å²) >= 11 is 1.78. The topological polar surface area (TPSA) is 89.6 Å². The van der Waals surface area contributed by atoms with E-state index in [1.165, 1.54) is 22.5 Å². The molecule has 4 rings (SSSR count). The number of esters is 1. The van der Waals surface area contributed by atoms with Crippen LogP contribution in [-0.4, -0.2) is 87.5 Å². The van der Waals surface area contributed by atoms with Crippen LogP contribution in [0.4, 0.5) is 5.69 Å². The number of para-hydroxylation sites is 1. The van der Waals surface area contributed by atoms with E-state index >= 15 is 0 Å². The molecule has 0 bridgehead atoms. The zero-order valence-corrected chi connectivity index (χ0v) is 19.6. The van der Waals surface area contributed by atoms with Crippen molar-refractivity contribution in [2.75, 3.05) is 59.7 Å². The van der Waals surface area contributed by atoms with E-state index in [2.05, 4.69) is 57.0 Å². The summed E-state index contributed by atoms with van der Waals surface area (Å²) in [6, 6.07) is 16.8. The monoisotopic (exact) mass is 470 g/mol. The van der Waals surface area contributed by atoms with Crippen LogP contribution in [0.5, 0.6) is 0 Å². The van der Waals surface area contributed by atoms with Crippen molar-refractivity contribution in [2.24, 2.45) is 10.7 Å². The predicted octanol–water partition coefficient (Wildman–Crippen LogP) is 2.34. The van der Waals surface area contributed by atoms with Crippen LogP contribution < -0.4 is 5.73 Å². The maximum Gasteiger partial charge on any atom is 0.350 e. The summed E-state index contributed by atoms with van der Waals surface area (Å²) in [6.45, 7) is 5.81. The second-order valence-corrected chi connectivity index (χ2v) is 8.84. The number of carbonyl (C=O) groups excluding carboxylic acids is 1. The molecule has 0 aliphatic carbocycles. The Labute approximate surface area is 198 Å². The molecular formula is C24H30N4O4S. The van der Waals surface area contributed by atoms with E-state index in [-0.39, 0.29) is 6.61 Å². The number of hydrogen-bond acceptors (Lipinski definition) is 9. The summed E-state index contributed by atoms with van der Waals surface area (Å²) in [5, 5.41) is 0. The van der Waals surface area contributed by atoms with Gasteiger partial charge in [0.1, 0.15) is 5.84 Å². The van der Waals surface area contributed by atoms with Crippen LogP contribution in [0.1, 0.15) is 5.56 Å². The average Bonchev–Trinajstić information content (AvgIpc) is 3.02. The zero-order chi connectivity index (χ0) is 23.0. The largest absolute Gasteiger partial charge is 0.466 e.